The van der Waals surface area contributed by atoms with Gasteiger partial charge in [0, 0.05) is 19.3 Å². The van der Waals surface area contributed by atoms with Gasteiger partial charge in [0.25, 0.3) is 0 Å². The lowest BCUT2D eigenvalue weighted by Crippen LogP contribution is -2.37. The molecule has 0 aromatic carbocycles. The zero-order valence-corrected chi connectivity index (χ0v) is 10.0. The summed E-state index contributed by atoms with van der Waals surface area (Å²) in [5, 5.41) is 6.45. The second-order valence-corrected chi connectivity index (χ2v) is 3.44. The van der Waals surface area contributed by atoms with Crippen LogP contribution in [-0.2, 0) is 6.54 Å². The maximum absolute atomic E-state index is 4.45. The van der Waals surface area contributed by atoms with Crippen LogP contribution in [0.1, 0.15) is 26.0 Å². The van der Waals surface area contributed by atoms with Crippen LogP contribution >= 0.6 is 0 Å². The molecule has 0 bridgehead atoms. The minimum absolute atomic E-state index is 0.611. The summed E-state index contributed by atoms with van der Waals surface area (Å²) in [6, 6.07) is 5.87. The molecule has 0 saturated carbocycles. The molecule has 0 saturated heterocycles. The van der Waals surface area contributed by atoms with Crippen LogP contribution in [0.5, 0.6) is 0 Å². The summed E-state index contributed by atoms with van der Waals surface area (Å²) in [5.41, 5.74) is 0.983. The summed E-state index contributed by atoms with van der Waals surface area (Å²) >= 11 is 0. The SMILES string of the molecule is CCCNC(=NCc1ccccn1)NCC. The fraction of sp³-hybridized carbons (Fsp3) is 0.500. The number of pyridine rings is 1. The van der Waals surface area contributed by atoms with E-state index >= 15 is 0 Å². The Labute approximate surface area is 97.2 Å². The average molecular weight is 220 g/mol. The Morgan fingerprint density at radius 3 is 2.81 bits per heavy atom. The summed E-state index contributed by atoms with van der Waals surface area (Å²) in [7, 11) is 0. The van der Waals surface area contributed by atoms with Crippen molar-refractivity contribution in [2.24, 2.45) is 4.99 Å². The van der Waals surface area contributed by atoms with Gasteiger partial charge in [0.15, 0.2) is 5.96 Å². The van der Waals surface area contributed by atoms with Crippen LogP contribution in [0.25, 0.3) is 0 Å². The molecule has 0 aliphatic rings. The van der Waals surface area contributed by atoms with Crippen molar-refractivity contribution >= 4 is 5.96 Å². The Morgan fingerprint density at radius 1 is 1.31 bits per heavy atom. The highest BCUT2D eigenvalue weighted by atomic mass is 15.2. The van der Waals surface area contributed by atoms with Gasteiger partial charge in [-0.3, -0.25) is 4.98 Å². The molecule has 0 amide bonds. The molecule has 88 valence electrons. The van der Waals surface area contributed by atoms with Crippen molar-refractivity contribution in [3.63, 3.8) is 0 Å². The number of rotatable bonds is 5. The highest BCUT2D eigenvalue weighted by molar-refractivity contribution is 5.79. The molecule has 0 fully saturated rings. The van der Waals surface area contributed by atoms with Crippen molar-refractivity contribution in [3.05, 3.63) is 30.1 Å². The molecule has 0 spiro atoms. The number of aliphatic imine (C=N–C) groups is 1. The molecule has 4 nitrogen and oxygen atoms in total. The summed E-state index contributed by atoms with van der Waals surface area (Å²) in [5.74, 6) is 0.856. The van der Waals surface area contributed by atoms with Crippen LogP contribution in [0.2, 0.25) is 0 Å². The fourth-order valence-corrected chi connectivity index (χ4v) is 1.24. The standard InChI is InChI=1S/C12H20N4/c1-3-8-15-12(13-4-2)16-10-11-7-5-6-9-14-11/h5-7,9H,3-4,8,10H2,1-2H3,(H2,13,15,16). The van der Waals surface area contributed by atoms with Crippen LogP contribution in [0.15, 0.2) is 29.4 Å². The molecule has 1 heterocycles. The molecule has 0 radical (unpaired) electrons. The Morgan fingerprint density at radius 2 is 2.19 bits per heavy atom. The number of guanidine groups is 1. The number of aromatic nitrogens is 1. The van der Waals surface area contributed by atoms with Gasteiger partial charge in [-0.25, -0.2) is 4.99 Å². The molecule has 1 aromatic heterocycles. The molecule has 1 rings (SSSR count). The van der Waals surface area contributed by atoms with Crippen molar-refractivity contribution in [3.8, 4) is 0 Å². The number of hydrogen-bond acceptors (Lipinski definition) is 2. The summed E-state index contributed by atoms with van der Waals surface area (Å²) < 4.78 is 0. The van der Waals surface area contributed by atoms with Crippen LogP contribution in [-0.4, -0.2) is 24.0 Å². The number of nitrogens with one attached hydrogen (secondary N) is 2. The molecule has 2 N–H and O–H groups in total. The predicted octanol–water partition coefficient (Wildman–Crippen LogP) is 1.55. The van der Waals surface area contributed by atoms with Gasteiger partial charge in [-0.15, -0.1) is 0 Å². The van der Waals surface area contributed by atoms with Gasteiger partial charge in [-0.1, -0.05) is 13.0 Å². The third-order valence-corrected chi connectivity index (χ3v) is 2.01. The first kappa shape index (κ1) is 12.5. The maximum Gasteiger partial charge on any atom is 0.191 e. The topological polar surface area (TPSA) is 49.3 Å². The normalized spacial score (nSPS) is 11.2. The van der Waals surface area contributed by atoms with Crippen LogP contribution in [0.3, 0.4) is 0 Å². The first-order valence-corrected chi connectivity index (χ1v) is 5.79. The molecule has 1 aromatic rings. The molecular weight excluding hydrogens is 200 g/mol. The van der Waals surface area contributed by atoms with Crippen molar-refractivity contribution in [2.45, 2.75) is 26.8 Å². The first-order valence-electron chi connectivity index (χ1n) is 5.79. The van der Waals surface area contributed by atoms with E-state index in [1.54, 1.807) is 6.20 Å². The maximum atomic E-state index is 4.45. The van der Waals surface area contributed by atoms with Crippen molar-refractivity contribution in [1.82, 2.24) is 15.6 Å². The molecule has 0 unspecified atom stereocenters. The second kappa shape index (κ2) is 7.68. The highest BCUT2D eigenvalue weighted by Crippen LogP contribution is 1.95. The van der Waals surface area contributed by atoms with E-state index in [0.717, 1.165) is 31.2 Å². The molecule has 4 heteroatoms. The fourth-order valence-electron chi connectivity index (χ4n) is 1.24. The smallest absolute Gasteiger partial charge is 0.191 e. The minimum atomic E-state index is 0.611. The van der Waals surface area contributed by atoms with Crippen LogP contribution < -0.4 is 10.6 Å². The van der Waals surface area contributed by atoms with Crippen LogP contribution in [0, 0.1) is 0 Å². The Hall–Kier alpha value is -1.58. The average Bonchev–Trinajstić information content (AvgIpc) is 2.34. The van der Waals surface area contributed by atoms with E-state index in [9.17, 15) is 0 Å². The third kappa shape index (κ3) is 4.77. The highest BCUT2D eigenvalue weighted by Gasteiger charge is 1.96. The van der Waals surface area contributed by atoms with E-state index in [1.807, 2.05) is 18.2 Å². The summed E-state index contributed by atoms with van der Waals surface area (Å²) in [6.07, 6.45) is 2.88. The molecule has 0 atom stereocenters. The molecule has 0 aliphatic carbocycles. The van der Waals surface area contributed by atoms with E-state index in [-0.39, 0.29) is 0 Å². The second-order valence-electron chi connectivity index (χ2n) is 3.44. The largest absolute Gasteiger partial charge is 0.357 e. The van der Waals surface area contributed by atoms with Gasteiger partial charge in [0.05, 0.1) is 12.2 Å². The van der Waals surface area contributed by atoms with Gasteiger partial charge < -0.3 is 10.6 Å². The predicted molar refractivity (Wildman–Crippen MR) is 67.3 cm³/mol. The zero-order chi connectivity index (χ0) is 11.6. The van der Waals surface area contributed by atoms with Crippen LogP contribution in [0.4, 0.5) is 0 Å². The van der Waals surface area contributed by atoms with Gasteiger partial charge >= 0.3 is 0 Å². The summed E-state index contributed by atoms with van der Waals surface area (Å²) in [4.78, 5) is 8.68. The van der Waals surface area contributed by atoms with Gasteiger partial charge in [-0.2, -0.15) is 0 Å². The van der Waals surface area contributed by atoms with E-state index in [1.165, 1.54) is 0 Å². The minimum Gasteiger partial charge on any atom is -0.357 e. The lowest BCUT2D eigenvalue weighted by molar-refractivity contribution is 0.783. The Kier molecular flexibility index (Phi) is 5.99. The van der Waals surface area contributed by atoms with E-state index < -0.39 is 0 Å². The number of nitrogens with zero attached hydrogens (tertiary/aromatic N) is 2. The van der Waals surface area contributed by atoms with Crippen molar-refractivity contribution < 1.29 is 0 Å². The molecular formula is C12H20N4. The quantitative estimate of drug-likeness (QED) is 0.584. The van der Waals surface area contributed by atoms with Gasteiger partial charge in [0.2, 0.25) is 0 Å². The third-order valence-electron chi connectivity index (χ3n) is 2.01. The first-order chi connectivity index (χ1) is 7.86. The van der Waals surface area contributed by atoms with Gasteiger partial charge in [0.1, 0.15) is 0 Å². The van der Waals surface area contributed by atoms with Crippen molar-refractivity contribution in [1.29, 1.82) is 0 Å². The lowest BCUT2D eigenvalue weighted by Gasteiger charge is -2.09. The molecule has 16 heavy (non-hydrogen) atoms. The van der Waals surface area contributed by atoms with E-state index in [4.69, 9.17) is 0 Å². The monoisotopic (exact) mass is 220 g/mol. The van der Waals surface area contributed by atoms with E-state index in [0.29, 0.717) is 6.54 Å². The Balaban J connectivity index is 2.50. The van der Waals surface area contributed by atoms with Gasteiger partial charge in [-0.05, 0) is 25.5 Å². The summed E-state index contributed by atoms with van der Waals surface area (Å²) in [6.45, 7) is 6.62. The lowest BCUT2D eigenvalue weighted by atomic mass is 10.3. The Bertz CT molecular complexity index is 308. The van der Waals surface area contributed by atoms with Crippen molar-refractivity contribution in [2.75, 3.05) is 13.1 Å². The number of hydrogen-bond donors (Lipinski definition) is 2. The zero-order valence-electron chi connectivity index (χ0n) is 10.0. The van der Waals surface area contributed by atoms with E-state index in [2.05, 4.69) is 34.5 Å². The molecule has 0 aliphatic heterocycles.